The zero-order chi connectivity index (χ0) is 30.8. The second-order valence-electron chi connectivity index (χ2n) is 10.1. The van der Waals surface area contributed by atoms with E-state index in [1.807, 2.05) is 73.7 Å². The quantitative estimate of drug-likeness (QED) is 0.200. The topological polar surface area (TPSA) is 105 Å². The van der Waals surface area contributed by atoms with Gasteiger partial charge in [0.25, 0.3) is 11.8 Å². The van der Waals surface area contributed by atoms with Crippen LogP contribution in [-0.2, 0) is 11.2 Å². The number of hydrogen-bond donors (Lipinski definition) is 2. The highest BCUT2D eigenvalue weighted by Gasteiger charge is 2.23. The van der Waals surface area contributed by atoms with Crippen LogP contribution in [0.3, 0.4) is 0 Å². The van der Waals surface area contributed by atoms with Crippen LogP contribution in [0.1, 0.15) is 51.2 Å². The van der Waals surface area contributed by atoms with Crippen LogP contribution in [0, 0.1) is 0 Å². The minimum absolute atomic E-state index is 0.0342. The van der Waals surface area contributed by atoms with Crippen LogP contribution in [0.15, 0.2) is 97.1 Å². The number of rotatable bonds is 13. The van der Waals surface area contributed by atoms with Gasteiger partial charge in [0, 0.05) is 24.2 Å². The van der Waals surface area contributed by atoms with Gasteiger partial charge < -0.3 is 24.8 Å². The lowest BCUT2D eigenvalue weighted by molar-refractivity contribution is -0.137. The minimum atomic E-state index is -0.994. The van der Waals surface area contributed by atoms with Crippen molar-refractivity contribution in [3.05, 3.63) is 119 Å². The summed E-state index contributed by atoms with van der Waals surface area (Å²) >= 11 is 0. The Morgan fingerprint density at radius 2 is 1.37 bits per heavy atom. The summed E-state index contributed by atoms with van der Waals surface area (Å²) in [5.41, 5.74) is 3.92. The van der Waals surface area contributed by atoms with Crippen molar-refractivity contribution in [3.8, 4) is 22.6 Å². The fourth-order valence-corrected chi connectivity index (χ4v) is 4.94. The maximum absolute atomic E-state index is 14.0. The number of carbonyl (C=O) groups excluding carboxylic acids is 2. The highest BCUT2D eigenvalue weighted by molar-refractivity contribution is 6.06. The SMILES string of the molecule is COc1ccc(CCN(CCC(=O)O)C(=O)c2ccccc2-c2ccccc2C(=O)NC(C)c2ccccc2)cc1OC. The van der Waals surface area contributed by atoms with E-state index in [0.717, 1.165) is 11.1 Å². The summed E-state index contributed by atoms with van der Waals surface area (Å²) in [6, 6.07) is 29.3. The number of carbonyl (C=O) groups is 3. The van der Waals surface area contributed by atoms with Gasteiger partial charge in [0.2, 0.25) is 0 Å². The number of nitrogens with one attached hydrogen (secondary N) is 1. The number of methoxy groups -OCH3 is 2. The fraction of sp³-hybridized carbons (Fsp3) is 0.229. The Hall–Kier alpha value is -5.11. The van der Waals surface area contributed by atoms with Crippen molar-refractivity contribution in [2.75, 3.05) is 27.3 Å². The predicted octanol–water partition coefficient (Wildman–Crippen LogP) is 6.02. The molecule has 0 heterocycles. The number of carboxylic acids is 1. The van der Waals surface area contributed by atoms with Gasteiger partial charge in [-0.1, -0.05) is 72.8 Å². The highest BCUT2D eigenvalue weighted by atomic mass is 16.5. The molecule has 0 aliphatic heterocycles. The maximum Gasteiger partial charge on any atom is 0.305 e. The van der Waals surface area contributed by atoms with Gasteiger partial charge in [-0.2, -0.15) is 0 Å². The molecule has 0 saturated carbocycles. The van der Waals surface area contributed by atoms with Gasteiger partial charge in [0.05, 0.1) is 26.7 Å². The lowest BCUT2D eigenvalue weighted by Gasteiger charge is -2.24. The Morgan fingerprint density at radius 1 is 0.767 bits per heavy atom. The Morgan fingerprint density at radius 3 is 2.02 bits per heavy atom. The number of aliphatic carboxylic acids is 1. The third-order valence-electron chi connectivity index (χ3n) is 7.27. The zero-order valence-electron chi connectivity index (χ0n) is 24.6. The van der Waals surface area contributed by atoms with Crippen LogP contribution in [-0.4, -0.2) is 55.1 Å². The first kappa shape index (κ1) is 30.8. The molecule has 4 aromatic rings. The molecule has 4 rings (SSSR count). The van der Waals surface area contributed by atoms with Crippen molar-refractivity contribution in [3.63, 3.8) is 0 Å². The second kappa shape index (κ2) is 14.7. The number of ether oxygens (including phenoxy) is 2. The highest BCUT2D eigenvalue weighted by Crippen LogP contribution is 2.30. The Labute approximate surface area is 251 Å². The molecule has 1 atom stereocenters. The van der Waals surface area contributed by atoms with Gasteiger partial charge >= 0.3 is 5.97 Å². The molecule has 0 aromatic heterocycles. The van der Waals surface area contributed by atoms with Crippen LogP contribution >= 0.6 is 0 Å². The van der Waals surface area contributed by atoms with Gasteiger partial charge in [-0.15, -0.1) is 0 Å². The fourth-order valence-electron chi connectivity index (χ4n) is 4.94. The van der Waals surface area contributed by atoms with Gasteiger partial charge in [-0.05, 0) is 59.9 Å². The number of carboxylic acid groups (broad SMARTS) is 1. The number of benzene rings is 4. The predicted molar refractivity (Wildman–Crippen MR) is 166 cm³/mol. The molecule has 2 amide bonds. The Bertz CT molecular complexity index is 1570. The summed E-state index contributed by atoms with van der Waals surface area (Å²) in [5, 5.41) is 12.5. The molecule has 0 aliphatic rings. The Balaban J connectivity index is 1.62. The smallest absolute Gasteiger partial charge is 0.305 e. The molecular formula is C35H36N2O6. The molecule has 0 saturated heterocycles. The van der Waals surface area contributed by atoms with Crippen molar-refractivity contribution in [1.82, 2.24) is 10.2 Å². The Kier molecular flexibility index (Phi) is 10.5. The summed E-state index contributed by atoms with van der Waals surface area (Å²) in [6.07, 6.45) is 0.278. The van der Waals surface area contributed by atoms with Crippen LogP contribution in [0.5, 0.6) is 11.5 Å². The summed E-state index contributed by atoms with van der Waals surface area (Å²) in [6.45, 7) is 2.24. The summed E-state index contributed by atoms with van der Waals surface area (Å²) in [7, 11) is 3.12. The molecular weight excluding hydrogens is 544 g/mol. The molecule has 222 valence electrons. The van der Waals surface area contributed by atoms with Crippen LogP contribution in [0.2, 0.25) is 0 Å². The lowest BCUT2D eigenvalue weighted by Crippen LogP contribution is -2.35. The van der Waals surface area contributed by atoms with E-state index in [4.69, 9.17) is 9.47 Å². The molecule has 43 heavy (non-hydrogen) atoms. The number of amides is 2. The third-order valence-corrected chi connectivity index (χ3v) is 7.27. The first-order valence-electron chi connectivity index (χ1n) is 14.1. The monoisotopic (exact) mass is 580 g/mol. The molecule has 8 heteroatoms. The molecule has 4 aromatic carbocycles. The van der Waals surface area contributed by atoms with Crippen LogP contribution < -0.4 is 14.8 Å². The van der Waals surface area contributed by atoms with Crippen LogP contribution in [0.4, 0.5) is 0 Å². The molecule has 0 spiro atoms. The van der Waals surface area contributed by atoms with E-state index in [0.29, 0.717) is 40.2 Å². The van der Waals surface area contributed by atoms with Crippen molar-refractivity contribution in [2.24, 2.45) is 0 Å². The normalized spacial score (nSPS) is 11.3. The molecule has 8 nitrogen and oxygen atoms in total. The van der Waals surface area contributed by atoms with Crippen molar-refractivity contribution < 1.29 is 29.0 Å². The van der Waals surface area contributed by atoms with E-state index in [1.165, 1.54) is 0 Å². The summed E-state index contributed by atoms with van der Waals surface area (Å²) < 4.78 is 10.7. The maximum atomic E-state index is 14.0. The molecule has 1 unspecified atom stereocenters. The summed E-state index contributed by atoms with van der Waals surface area (Å²) in [4.78, 5) is 40.5. The largest absolute Gasteiger partial charge is 0.493 e. The van der Waals surface area contributed by atoms with Crippen molar-refractivity contribution in [2.45, 2.75) is 25.8 Å². The average Bonchev–Trinajstić information content (AvgIpc) is 3.04. The summed E-state index contributed by atoms with van der Waals surface area (Å²) in [5.74, 6) is -0.396. The number of hydrogen-bond acceptors (Lipinski definition) is 5. The number of nitrogens with zero attached hydrogens (tertiary/aromatic N) is 1. The first-order valence-corrected chi connectivity index (χ1v) is 14.1. The van der Waals surface area contributed by atoms with Gasteiger partial charge in [-0.3, -0.25) is 14.4 Å². The van der Waals surface area contributed by atoms with E-state index in [9.17, 15) is 19.5 Å². The van der Waals surface area contributed by atoms with E-state index in [2.05, 4.69) is 5.32 Å². The molecule has 0 bridgehead atoms. The van der Waals surface area contributed by atoms with Crippen molar-refractivity contribution in [1.29, 1.82) is 0 Å². The molecule has 0 aliphatic carbocycles. The second-order valence-corrected chi connectivity index (χ2v) is 10.1. The van der Waals surface area contributed by atoms with Gasteiger partial charge in [-0.25, -0.2) is 0 Å². The minimum Gasteiger partial charge on any atom is -0.493 e. The van der Waals surface area contributed by atoms with E-state index in [-0.39, 0.29) is 37.4 Å². The standard InChI is InChI=1S/C35H36N2O6/c1-24(26-11-5-4-6-12-26)36-34(40)29-15-9-7-13-27(29)28-14-8-10-16-30(28)35(41)37(22-20-33(38)39)21-19-25-17-18-31(42-2)32(23-25)43-3/h4-18,23-24H,19-22H2,1-3H3,(H,36,40)(H,38,39). The molecule has 0 radical (unpaired) electrons. The third kappa shape index (κ3) is 7.80. The molecule has 2 N–H and O–H groups in total. The zero-order valence-corrected chi connectivity index (χ0v) is 24.6. The molecule has 0 fully saturated rings. The van der Waals surface area contributed by atoms with Gasteiger partial charge in [0.15, 0.2) is 11.5 Å². The average molecular weight is 581 g/mol. The van der Waals surface area contributed by atoms with E-state index < -0.39 is 5.97 Å². The van der Waals surface area contributed by atoms with Crippen LogP contribution in [0.25, 0.3) is 11.1 Å². The van der Waals surface area contributed by atoms with E-state index in [1.54, 1.807) is 49.5 Å². The first-order chi connectivity index (χ1) is 20.8. The van der Waals surface area contributed by atoms with Gasteiger partial charge in [0.1, 0.15) is 0 Å². The lowest BCUT2D eigenvalue weighted by atomic mass is 9.94. The van der Waals surface area contributed by atoms with Crippen molar-refractivity contribution >= 4 is 17.8 Å². The van der Waals surface area contributed by atoms with E-state index >= 15 is 0 Å².